The van der Waals surface area contributed by atoms with Gasteiger partial charge in [0.1, 0.15) is 23.5 Å². The summed E-state index contributed by atoms with van der Waals surface area (Å²) in [5.41, 5.74) is 6.61. The molecule has 0 aliphatic carbocycles. The van der Waals surface area contributed by atoms with Gasteiger partial charge in [-0.3, -0.25) is 0 Å². The van der Waals surface area contributed by atoms with Crippen LogP contribution in [0.1, 0.15) is 5.56 Å². The summed E-state index contributed by atoms with van der Waals surface area (Å²) in [5, 5.41) is 9.50. The van der Waals surface area contributed by atoms with Crippen molar-refractivity contribution in [2.75, 3.05) is 0 Å². The Kier molecular flexibility index (Phi) is 5.82. The molecule has 0 radical (unpaired) electrons. The minimum Gasteiger partial charge on any atom is -0.507 e. The number of hydrogen-bond donors (Lipinski definition) is 2. The monoisotopic (exact) mass is 509 g/mol. The molecule has 0 spiro atoms. The molecule has 0 saturated carbocycles. The van der Waals surface area contributed by atoms with Crippen LogP contribution >= 0.6 is 45.2 Å². The second-order valence-electron chi connectivity index (χ2n) is 4.48. The summed E-state index contributed by atoms with van der Waals surface area (Å²) in [6.45, 7) is 0. The van der Waals surface area contributed by atoms with Crippen LogP contribution in [0.4, 0.5) is 0 Å². The Balaban J connectivity index is 2.17. The second-order valence-corrected chi connectivity index (χ2v) is 6.81. The number of halogens is 2. The number of carbonyl (C=O) groups is 1. The van der Waals surface area contributed by atoms with Crippen molar-refractivity contribution in [3.8, 4) is 17.2 Å². The fourth-order valence-electron chi connectivity index (χ4n) is 1.75. The number of carbonyl (C=O) groups excluding carboxylic acids is 1. The molecule has 110 valence electrons. The first-order valence-electron chi connectivity index (χ1n) is 6.15. The minimum absolute atomic E-state index is 0.232. The molecule has 4 nitrogen and oxygen atoms in total. The molecular weight excluding hydrogens is 496 g/mol. The molecule has 2 aromatic carbocycles. The van der Waals surface area contributed by atoms with Crippen LogP contribution in [0.25, 0.3) is 0 Å². The number of aromatic hydroxyl groups is 1. The number of aldehydes is 1. The topological polar surface area (TPSA) is 72.6 Å². The maximum absolute atomic E-state index is 10.6. The lowest BCUT2D eigenvalue weighted by Gasteiger charge is -2.11. The third-order valence-electron chi connectivity index (χ3n) is 2.79. The smallest absolute Gasteiger partial charge is 0.140 e. The Morgan fingerprint density at radius 2 is 1.95 bits per heavy atom. The van der Waals surface area contributed by atoms with E-state index in [0.29, 0.717) is 12.2 Å². The van der Waals surface area contributed by atoms with Gasteiger partial charge in [0.25, 0.3) is 0 Å². The van der Waals surface area contributed by atoms with Gasteiger partial charge in [-0.2, -0.15) is 0 Å². The van der Waals surface area contributed by atoms with Crippen molar-refractivity contribution in [1.82, 2.24) is 0 Å². The predicted molar refractivity (Wildman–Crippen MR) is 97.8 cm³/mol. The van der Waals surface area contributed by atoms with E-state index in [1.165, 1.54) is 0 Å². The van der Waals surface area contributed by atoms with Crippen molar-refractivity contribution in [2.45, 2.75) is 12.5 Å². The van der Waals surface area contributed by atoms with E-state index in [4.69, 9.17) is 10.5 Å². The van der Waals surface area contributed by atoms with Crippen LogP contribution < -0.4 is 10.5 Å². The second kappa shape index (κ2) is 7.41. The Morgan fingerprint density at radius 1 is 1.19 bits per heavy atom. The lowest BCUT2D eigenvalue weighted by atomic mass is 10.1. The van der Waals surface area contributed by atoms with Gasteiger partial charge in [-0.15, -0.1) is 0 Å². The zero-order valence-corrected chi connectivity index (χ0v) is 15.2. The summed E-state index contributed by atoms with van der Waals surface area (Å²) in [4.78, 5) is 10.6. The van der Waals surface area contributed by atoms with Gasteiger partial charge in [0, 0.05) is 0 Å². The predicted octanol–water partition coefficient (Wildman–Crippen LogP) is 3.46. The highest BCUT2D eigenvalue weighted by Gasteiger charge is 2.08. The molecule has 6 heteroatoms. The van der Waals surface area contributed by atoms with Crippen LogP contribution in [0.15, 0.2) is 36.4 Å². The van der Waals surface area contributed by atoms with Crippen molar-refractivity contribution in [3.63, 3.8) is 0 Å². The van der Waals surface area contributed by atoms with Gasteiger partial charge in [-0.25, -0.2) is 0 Å². The van der Waals surface area contributed by atoms with Gasteiger partial charge in [0.15, 0.2) is 0 Å². The van der Waals surface area contributed by atoms with Crippen molar-refractivity contribution >= 4 is 51.5 Å². The quantitative estimate of drug-likeness (QED) is 0.479. The highest BCUT2D eigenvalue weighted by molar-refractivity contribution is 14.1. The van der Waals surface area contributed by atoms with E-state index in [1.54, 1.807) is 18.2 Å². The first-order chi connectivity index (χ1) is 9.99. The summed E-state index contributed by atoms with van der Waals surface area (Å²) in [5.74, 6) is 1.61. The van der Waals surface area contributed by atoms with E-state index < -0.39 is 6.04 Å². The molecule has 0 aliphatic rings. The zero-order valence-electron chi connectivity index (χ0n) is 10.9. The molecular formula is C15H13I2NO3. The van der Waals surface area contributed by atoms with E-state index in [1.807, 2.05) is 40.8 Å². The van der Waals surface area contributed by atoms with Crippen LogP contribution in [-0.4, -0.2) is 17.4 Å². The van der Waals surface area contributed by atoms with Gasteiger partial charge in [0.05, 0.1) is 13.2 Å². The SMILES string of the molecule is NC(C=O)Cc1ccc(Oc2ccc(O)c(I)c2)c(I)c1. The normalized spacial score (nSPS) is 12.0. The molecule has 1 atom stereocenters. The number of nitrogens with two attached hydrogens (primary N) is 1. The summed E-state index contributed by atoms with van der Waals surface area (Å²) in [6, 6.07) is 10.3. The van der Waals surface area contributed by atoms with E-state index in [9.17, 15) is 9.90 Å². The van der Waals surface area contributed by atoms with Crippen molar-refractivity contribution in [2.24, 2.45) is 5.73 Å². The third-order valence-corrected chi connectivity index (χ3v) is 4.50. The highest BCUT2D eigenvalue weighted by atomic mass is 127. The van der Waals surface area contributed by atoms with Crippen molar-refractivity contribution in [1.29, 1.82) is 0 Å². The van der Waals surface area contributed by atoms with Gasteiger partial charge < -0.3 is 20.4 Å². The molecule has 2 aromatic rings. The maximum atomic E-state index is 10.6. The largest absolute Gasteiger partial charge is 0.507 e. The molecule has 2 rings (SSSR count). The molecule has 0 saturated heterocycles. The Labute approximate surface area is 150 Å². The fourth-order valence-corrected chi connectivity index (χ4v) is 2.93. The Morgan fingerprint density at radius 3 is 2.57 bits per heavy atom. The average Bonchev–Trinajstić information content (AvgIpc) is 2.45. The Bertz CT molecular complexity index is 661. The third kappa shape index (κ3) is 4.55. The lowest BCUT2D eigenvalue weighted by Crippen LogP contribution is -2.24. The molecule has 0 bridgehead atoms. The summed E-state index contributed by atoms with van der Waals surface area (Å²) < 4.78 is 7.47. The van der Waals surface area contributed by atoms with Crippen LogP contribution in [0.2, 0.25) is 0 Å². The average molecular weight is 509 g/mol. The molecule has 0 amide bonds. The van der Waals surface area contributed by atoms with E-state index in [2.05, 4.69) is 22.6 Å². The van der Waals surface area contributed by atoms with E-state index >= 15 is 0 Å². The van der Waals surface area contributed by atoms with Gasteiger partial charge in [-0.05, 0) is 87.5 Å². The number of phenols is 1. The van der Waals surface area contributed by atoms with Gasteiger partial charge in [0.2, 0.25) is 0 Å². The first kappa shape index (κ1) is 16.5. The summed E-state index contributed by atoms with van der Waals surface area (Å²) in [6.07, 6.45) is 1.26. The fraction of sp³-hybridized carbons (Fsp3) is 0.133. The molecule has 0 heterocycles. The van der Waals surface area contributed by atoms with Crippen LogP contribution in [0, 0.1) is 7.14 Å². The standard InChI is InChI=1S/C15H13I2NO3/c16-12-7-11(2-3-14(12)20)21-15-4-1-9(6-13(15)17)5-10(18)8-19/h1-4,6-8,10,20H,5,18H2. The van der Waals surface area contributed by atoms with E-state index in [-0.39, 0.29) is 5.75 Å². The number of rotatable bonds is 5. The molecule has 1 unspecified atom stereocenters. The molecule has 0 aliphatic heterocycles. The highest BCUT2D eigenvalue weighted by Crippen LogP contribution is 2.31. The molecule has 0 aromatic heterocycles. The van der Waals surface area contributed by atoms with Crippen molar-refractivity contribution in [3.05, 3.63) is 49.1 Å². The number of ether oxygens (including phenoxy) is 1. The number of hydrogen-bond acceptors (Lipinski definition) is 4. The maximum Gasteiger partial charge on any atom is 0.140 e. The van der Waals surface area contributed by atoms with Crippen LogP contribution in [0.3, 0.4) is 0 Å². The Hall–Kier alpha value is -0.870. The van der Waals surface area contributed by atoms with Crippen LogP contribution in [-0.2, 0) is 11.2 Å². The molecule has 21 heavy (non-hydrogen) atoms. The van der Waals surface area contributed by atoms with Crippen molar-refractivity contribution < 1.29 is 14.6 Å². The van der Waals surface area contributed by atoms with Gasteiger partial charge >= 0.3 is 0 Å². The zero-order chi connectivity index (χ0) is 15.4. The summed E-state index contributed by atoms with van der Waals surface area (Å²) >= 11 is 4.23. The number of benzene rings is 2. The van der Waals surface area contributed by atoms with Crippen LogP contribution in [0.5, 0.6) is 17.2 Å². The lowest BCUT2D eigenvalue weighted by molar-refractivity contribution is -0.108. The first-order valence-corrected chi connectivity index (χ1v) is 8.31. The molecule has 3 N–H and O–H groups in total. The van der Waals surface area contributed by atoms with E-state index in [0.717, 1.165) is 24.7 Å². The van der Waals surface area contributed by atoms with Gasteiger partial charge in [-0.1, -0.05) is 6.07 Å². The minimum atomic E-state index is -0.480. The number of phenolic OH excluding ortho intramolecular Hbond substituents is 1. The molecule has 0 fully saturated rings. The summed E-state index contributed by atoms with van der Waals surface area (Å²) in [7, 11) is 0.